The van der Waals surface area contributed by atoms with Crippen LogP contribution < -0.4 is 4.74 Å². The molecule has 1 aliphatic heterocycles. The van der Waals surface area contributed by atoms with E-state index in [1.54, 1.807) is 0 Å². The lowest BCUT2D eigenvalue weighted by Crippen LogP contribution is -2.49. The Bertz CT molecular complexity index is 2940. The molecule has 5 nitrogen and oxygen atoms in total. The van der Waals surface area contributed by atoms with Crippen molar-refractivity contribution in [2.24, 2.45) is 0 Å². The molecule has 54 heavy (non-hydrogen) atoms. The minimum Gasteiger partial charge on any atom is -0.457 e. The van der Waals surface area contributed by atoms with Crippen molar-refractivity contribution in [2.45, 2.75) is 84.4 Å². The van der Waals surface area contributed by atoms with Gasteiger partial charge in [-0.2, -0.15) is 0 Å². The number of nitrogens with zero attached hydrogens (tertiary/aromatic N) is 4. The Hall–Kier alpha value is -5.68. The summed E-state index contributed by atoms with van der Waals surface area (Å²) < 4.78 is 37.1. The first-order chi connectivity index (χ1) is 27.2. The quantitative estimate of drug-likeness (QED) is 0.161. The van der Waals surface area contributed by atoms with Crippen molar-refractivity contribution in [3.05, 3.63) is 143 Å². The van der Waals surface area contributed by atoms with Gasteiger partial charge in [-0.15, -0.1) is 0 Å². The molecule has 1 atom stereocenters. The molecule has 0 radical (unpaired) electrons. The summed E-state index contributed by atoms with van der Waals surface area (Å²) in [5, 5.41) is 2.47. The maximum atomic E-state index is 8.67. The van der Waals surface area contributed by atoms with Crippen LogP contribution in [0, 0.1) is 6.85 Å². The third-order valence-electron chi connectivity index (χ3n) is 12.7. The molecular weight excluding hydrogens is 661 g/mol. The normalized spacial score (nSPS) is 18.1. The summed E-state index contributed by atoms with van der Waals surface area (Å²) in [6.45, 7) is 13.6. The van der Waals surface area contributed by atoms with Gasteiger partial charge in [-0.1, -0.05) is 115 Å². The zero-order valence-corrected chi connectivity index (χ0v) is 32.0. The van der Waals surface area contributed by atoms with Crippen molar-refractivity contribution in [1.82, 2.24) is 18.9 Å². The summed E-state index contributed by atoms with van der Waals surface area (Å²) in [6, 6.07) is 33.1. The molecule has 0 spiro atoms. The van der Waals surface area contributed by atoms with Gasteiger partial charge in [0.15, 0.2) is 0 Å². The predicted molar refractivity (Wildman–Crippen MR) is 222 cm³/mol. The van der Waals surface area contributed by atoms with Crippen LogP contribution >= 0.6 is 0 Å². The minimum atomic E-state index is -2.31. The van der Waals surface area contributed by atoms with Crippen LogP contribution in [0.2, 0.25) is 0 Å². The van der Waals surface area contributed by atoms with Crippen LogP contribution in [0.4, 0.5) is 0 Å². The number of benzene rings is 5. The number of fused-ring (bicyclic) bond motifs is 5. The standard InChI is InChI=1S/C49H46N4O/c1-28(2)35-17-12-18-36(29(3)4)44(35)52-26-41(50-27-52)31-14-11-15-33(23-31)54-34-20-21-38-39(24-34)47-51-43-37-16-10-9-13-32(37)25-49(8)46(43)53(47)45-40(48(49,6)7)22-19-30(5)42(38)45/h9-24,26-29H,25H2,1-8H3/i5D3. The third-order valence-corrected chi connectivity index (χ3v) is 12.7. The van der Waals surface area contributed by atoms with E-state index < -0.39 is 6.85 Å². The largest absolute Gasteiger partial charge is 0.457 e. The van der Waals surface area contributed by atoms with Gasteiger partial charge in [0.05, 0.1) is 34.6 Å². The van der Waals surface area contributed by atoms with Crippen LogP contribution in [-0.2, 0) is 17.3 Å². The fraction of sp³-hybridized carbons (Fsp3) is 0.265. The fourth-order valence-electron chi connectivity index (χ4n) is 9.55. The molecule has 2 aliphatic rings. The molecular formula is C49H46N4O. The number of hydrogen-bond acceptors (Lipinski definition) is 3. The molecule has 1 unspecified atom stereocenters. The predicted octanol–water partition coefficient (Wildman–Crippen LogP) is 12.6. The van der Waals surface area contributed by atoms with Gasteiger partial charge in [0, 0.05) is 43.0 Å². The van der Waals surface area contributed by atoms with Gasteiger partial charge in [0.25, 0.3) is 0 Å². The van der Waals surface area contributed by atoms with Gasteiger partial charge >= 0.3 is 0 Å². The van der Waals surface area contributed by atoms with E-state index in [-0.39, 0.29) is 10.8 Å². The Morgan fingerprint density at radius 1 is 0.796 bits per heavy atom. The number of aromatic nitrogens is 4. The second-order valence-corrected chi connectivity index (χ2v) is 16.7. The summed E-state index contributed by atoms with van der Waals surface area (Å²) in [6.07, 6.45) is 4.88. The Balaban J connectivity index is 1.13. The van der Waals surface area contributed by atoms with Crippen molar-refractivity contribution < 1.29 is 8.85 Å². The highest BCUT2D eigenvalue weighted by Crippen LogP contribution is 2.58. The SMILES string of the molecule is [2H]C([2H])([2H])c1ccc2c3c1c1ccc(Oc4cccc(-c5cn(-c6c(C(C)C)cccc6C(C)C)cn5)c4)cc1c1nc4c(n13)C(C)(Cc1ccccc1-4)C2(C)C. The molecule has 0 bridgehead atoms. The van der Waals surface area contributed by atoms with Gasteiger partial charge in [-0.25, -0.2) is 9.97 Å². The highest BCUT2D eigenvalue weighted by Gasteiger charge is 2.53. The first-order valence-corrected chi connectivity index (χ1v) is 19.2. The van der Waals surface area contributed by atoms with Gasteiger partial charge in [0.2, 0.25) is 0 Å². The van der Waals surface area contributed by atoms with Crippen LogP contribution in [0.5, 0.6) is 11.5 Å². The summed E-state index contributed by atoms with van der Waals surface area (Å²) in [7, 11) is 0. The number of hydrogen-bond donors (Lipinski definition) is 0. The summed E-state index contributed by atoms with van der Waals surface area (Å²) in [5.74, 6) is 2.06. The van der Waals surface area contributed by atoms with E-state index in [9.17, 15) is 0 Å². The number of rotatable bonds is 6. The van der Waals surface area contributed by atoms with Gasteiger partial charge in [0.1, 0.15) is 17.1 Å². The first-order valence-electron chi connectivity index (χ1n) is 20.7. The number of imidazole rings is 2. The van der Waals surface area contributed by atoms with E-state index in [4.69, 9.17) is 18.8 Å². The molecule has 4 heterocycles. The maximum Gasteiger partial charge on any atom is 0.146 e. The summed E-state index contributed by atoms with van der Waals surface area (Å²) in [5.41, 5.74) is 12.8. The second kappa shape index (κ2) is 11.4. The van der Waals surface area contributed by atoms with Crippen molar-refractivity contribution in [2.75, 3.05) is 0 Å². The lowest BCUT2D eigenvalue weighted by molar-refractivity contribution is 0.258. The highest BCUT2D eigenvalue weighted by atomic mass is 16.5. The molecule has 3 aromatic heterocycles. The van der Waals surface area contributed by atoms with Gasteiger partial charge in [-0.3, -0.25) is 4.40 Å². The van der Waals surface area contributed by atoms with E-state index in [2.05, 4.69) is 118 Å². The topological polar surface area (TPSA) is 44.3 Å². The summed E-state index contributed by atoms with van der Waals surface area (Å²) in [4.78, 5) is 10.3. The number of ether oxygens (including phenoxy) is 1. The zero-order valence-electron chi connectivity index (χ0n) is 35.0. The molecule has 8 aromatic rings. The number of para-hydroxylation sites is 1. The van der Waals surface area contributed by atoms with Crippen molar-refractivity contribution >= 4 is 27.3 Å². The molecule has 5 heteroatoms. The summed E-state index contributed by atoms with van der Waals surface area (Å²) >= 11 is 0. The Kier molecular flexibility index (Phi) is 6.28. The van der Waals surface area contributed by atoms with E-state index in [0.717, 1.165) is 67.5 Å². The van der Waals surface area contributed by atoms with Crippen LogP contribution in [0.25, 0.3) is 55.5 Å². The molecule has 1 aliphatic carbocycles. The lowest BCUT2D eigenvalue weighted by atomic mass is 9.55. The first kappa shape index (κ1) is 29.7. The Labute approximate surface area is 321 Å². The molecule has 268 valence electrons. The molecule has 0 saturated heterocycles. The van der Waals surface area contributed by atoms with Crippen molar-refractivity contribution in [1.29, 1.82) is 0 Å². The molecule has 0 saturated carbocycles. The maximum absolute atomic E-state index is 8.67. The highest BCUT2D eigenvalue weighted by molar-refractivity contribution is 6.15. The van der Waals surface area contributed by atoms with Crippen LogP contribution in [-0.4, -0.2) is 18.9 Å². The van der Waals surface area contributed by atoms with E-state index in [1.165, 1.54) is 22.4 Å². The lowest BCUT2D eigenvalue weighted by Gasteiger charge is -2.50. The molecule has 10 rings (SSSR count). The Morgan fingerprint density at radius 2 is 1.56 bits per heavy atom. The molecule has 0 amide bonds. The second-order valence-electron chi connectivity index (χ2n) is 16.7. The smallest absolute Gasteiger partial charge is 0.146 e. The van der Waals surface area contributed by atoms with Crippen LogP contribution in [0.1, 0.15) is 97.9 Å². The van der Waals surface area contributed by atoms with E-state index in [0.29, 0.717) is 28.9 Å². The fourth-order valence-corrected chi connectivity index (χ4v) is 9.55. The van der Waals surface area contributed by atoms with Gasteiger partial charge in [-0.05, 0) is 88.6 Å². The monoisotopic (exact) mass is 709 g/mol. The molecule has 0 fully saturated rings. The third kappa shape index (κ3) is 4.44. The van der Waals surface area contributed by atoms with E-state index >= 15 is 0 Å². The Morgan fingerprint density at radius 3 is 2.33 bits per heavy atom. The molecule has 5 aromatic carbocycles. The van der Waals surface area contributed by atoms with Crippen molar-refractivity contribution in [3.63, 3.8) is 0 Å². The van der Waals surface area contributed by atoms with Crippen molar-refractivity contribution in [3.8, 4) is 39.7 Å². The average Bonchev–Trinajstić information content (AvgIpc) is 3.84. The molecule has 0 N–H and O–H groups in total. The minimum absolute atomic E-state index is 0.292. The number of aryl methyl sites for hydroxylation is 1. The van der Waals surface area contributed by atoms with E-state index in [1.807, 2.05) is 48.8 Å². The average molecular weight is 710 g/mol. The number of pyridine rings is 1. The van der Waals surface area contributed by atoms with Crippen LogP contribution in [0.15, 0.2) is 110 Å². The van der Waals surface area contributed by atoms with Gasteiger partial charge < -0.3 is 9.30 Å². The zero-order chi connectivity index (χ0) is 39.8. The van der Waals surface area contributed by atoms with Crippen LogP contribution in [0.3, 0.4) is 0 Å².